The average Bonchev–Trinajstić information content (AvgIpc) is 3.15. The smallest absolute Gasteiger partial charge is 0.253 e. The van der Waals surface area contributed by atoms with Gasteiger partial charge in [0.15, 0.2) is 0 Å². The molecule has 2 aromatic rings. The highest BCUT2D eigenvalue weighted by molar-refractivity contribution is 5.97. The van der Waals surface area contributed by atoms with Gasteiger partial charge < -0.3 is 10.2 Å². The monoisotopic (exact) mass is 405 g/mol. The van der Waals surface area contributed by atoms with Gasteiger partial charge in [0.1, 0.15) is 6.04 Å². The topological polar surface area (TPSA) is 52.7 Å². The molecule has 0 radical (unpaired) electrons. The number of nitrogens with one attached hydrogen (secondary N) is 1. The standard InChI is InChI=1S/C25H31N3O2/c29-24(23(27-16-8-9-17-27)20-10-4-3-5-11-20)26-22-14-12-21(13-15-22)25(30)28-18-6-1-2-7-19-28/h3-5,10-15,23H,1-2,6-9,16-19H2,(H,26,29). The zero-order chi connectivity index (χ0) is 20.8. The molecule has 0 aromatic heterocycles. The minimum atomic E-state index is -0.285. The van der Waals surface area contributed by atoms with Crippen molar-refractivity contribution in [2.24, 2.45) is 0 Å². The summed E-state index contributed by atoms with van der Waals surface area (Å²) in [5, 5.41) is 3.07. The van der Waals surface area contributed by atoms with Gasteiger partial charge in [0.05, 0.1) is 0 Å². The molecule has 1 unspecified atom stereocenters. The quantitative estimate of drug-likeness (QED) is 0.798. The van der Waals surface area contributed by atoms with Gasteiger partial charge in [-0.1, -0.05) is 43.2 Å². The van der Waals surface area contributed by atoms with Gasteiger partial charge >= 0.3 is 0 Å². The second kappa shape index (κ2) is 9.90. The summed E-state index contributed by atoms with van der Waals surface area (Å²) in [6.45, 7) is 3.56. The van der Waals surface area contributed by atoms with Crippen LogP contribution >= 0.6 is 0 Å². The molecule has 0 aliphatic carbocycles. The maximum Gasteiger partial charge on any atom is 0.253 e. The highest BCUT2D eigenvalue weighted by Crippen LogP contribution is 2.27. The van der Waals surface area contributed by atoms with Crippen LogP contribution in [0.15, 0.2) is 54.6 Å². The van der Waals surface area contributed by atoms with Crippen molar-refractivity contribution in [2.45, 2.75) is 44.6 Å². The molecular weight excluding hydrogens is 374 g/mol. The fourth-order valence-corrected chi connectivity index (χ4v) is 4.53. The third-order valence-electron chi connectivity index (χ3n) is 6.16. The van der Waals surface area contributed by atoms with Gasteiger partial charge in [0.2, 0.25) is 5.91 Å². The van der Waals surface area contributed by atoms with E-state index in [0.717, 1.165) is 63.1 Å². The van der Waals surface area contributed by atoms with Crippen LogP contribution in [0.25, 0.3) is 0 Å². The van der Waals surface area contributed by atoms with Gasteiger partial charge in [0.25, 0.3) is 5.91 Å². The minimum Gasteiger partial charge on any atom is -0.339 e. The number of anilines is 1. The van der Waals surface area contributed by atoms with E-state index in [1.54, 1.807) is 0 Å². The van der Waals surface area contributed by atoms with Crippen LogP contribution in [-0.4, -0.2) is 47.8 Å². The zero-order valence-electron chi connectivity index (χ0n) is 17.6. The molecule has 4 rings (SSSR count). The Balaban J connectivity index is 1.45. The van der Waals surface area contributed by atoms with Gasteiger partial charge in [-0.15, -0.1) is 0 Å². The van der Waals surface area contributed by atoms with Gasteiger partial charge in [-0.05, 0) is 68.6 Å². The molecule has 30 heavy (non-hydrogen) atoms. The summed E-state index contributed by atoms with van der Waals surface area (Å²) >= 11 is 0. The van der Waals surface area contributed by atoms with Crippen molar-refractivity contribution >= 4 is 17.5 Å². The summed E-state index contributed by atoms with van der Waals surface area (Å²) in [6, 6.07) is 17.0. The molecule has 1 atom stereocenters. The molecule has 2 saturated heterocycles. The second-order valence-corrected chi connectivity index (χ2v) is 8.33. The number of hydrogen-bond acceptors (Lipinski definition) is 3. The first-order chi connectivity index (χ1) is 14.7. The molecule has 2 aromatic carbocycles. The lowest BCUT2D eigenvalue weighted by molar-refractivity contribution is -0.121. The number of hydrogen-bond donors (Lipinski definition) is 1. The van der Waals surface area contributed by atoms with Crippen LogP contribution < -0.4 is 5.32 Å². The molecule has 0 bridgehead atoms. The van der Waals surface area contributed by atoms with Gasteiger partial charge in [-0.3, -0.25) is 14.5 Å². The summed E-state index contributed by atoms with van der Waals surface area (Å²) in [6.07, 6.45) is 6.82. The largest absolute Gasteiger partial charge is 0.339 e. The average molecular weight is 406 g/mol. The SMILES string of the molecule is O=C(Nc1ccc(C(=O)N2CCCCCC2)cc1)C(c1ccccc1)N1CCCC1. The predicted molar refractivity (Wildman–Crippen MR) is 119 cm³/mol. The Morgan fingerprint density at radius 1 is 0.733 bits per heavy atom. The Labute approximate surface area is 179 Å². The molecule has 5 nitrogen and oxygen atoms in total. The van der Waals surface area contributed by atoms with E-state index in [1.165, 1.54) is 12.8 Å². The van der Waals surface area contributed by atoms with Crippen molar-refractivity contribution in [2.75, 3.05) is 31.5 Å². The third kappa shape index (κ3) is 4.90. The molecule has 1 N–H and O–H groups in total. The molecule has 2 fully saturated rings. The number of likely N-dealkylation sites (tertiary alicyclic amines) is 2. The van der Waals surface area contributed by atoms with E-state index in [4.69, 9.17) is 0 Å². The molecule has 2 amide bonds. The summed E-state index contributed by atoms with van der Waals surface area (Å²) in [5.41, 5.74) is 2.44. The zero-order valence-corrected chi connectivity index (χ0v) is 17.6. The van der Waals surface area contributed by atoms with Crippen LogP contribution in [0, 0.1) is 0 Å². The van der Waals surface area contributed by atoms with Crippen molar-refractivity contribution in [3.8, 4) is 0 Å². The highest BCUT2D eigenvalue weighted by Gasteiger charge is 2.29. The van der Waals surface area contributed by atoms with Crippen molar-refractivity contribution in [3.63, 3.8) is 0 Å². The Bertz CT molecular complexity index is 836. The summed E-state index contributed by atoms with van der Waals surface area (Å²) < 4.78 is 0. The number of benzene rings is 2. The molecule has 0 saturated carbocycles. The second-order valence-electron chi connectivity index (χ2n) is 8.33. The number of amides is 2. The Kier molecular flexibility index (Phi) is 6.80. The van der Waals surface area contributed by atoms with E-state index in [0.29, 0.717) is 5.56 Å². The van der Waals surface area contributed by atoms with Crippen LogP contribution in [0.4, 0.5) is 5.69 Å². The van der Waals surface area contributed by atoms with E-state index < -0.39 is 0 Å². The third-order valence-corrected chi connectivity index (χ3v) is 6.16. The predicted octanol–water partition coefficient (Wildman–Crippen LogP) is 4.48. The maximum atomic E-state index is 13.2. The fourth-order valence-electron chi connectivity index (χ4n) is 4.53. The van der Waals surface area contributed by atoms with Gasteiger partial charge in [-0.2, -0.15) is 0 Å². The van der Waals surface area contributed by atoms with Gasteiger partial charge in [-0.25, -0.2) is 0 Å². The molecular formula is C25H31N3O2. The number of carbonyl (C=O) groups excluding carboxylic acids is 2. The maximum absolute atomic E-state index is 13.2. The first-order valence-corrected chi connectivity index (χ1v) is 11.2. The lowest BCUT2D eigenvalue weighted by Gasteiger charge is -2.27. The van der Waals surface area contributed by atoms with Crippen molar-refractivity contribution in [3.05, 3.63) is 65.7 Å². The van der Waals surface area contributed by atoms with Crippen LogP contribution in [0.3, 0.4) is 0 Å². The van der Waals surface area contributed by atoms with E-state index >= 15 is 0 Å². The number of carbonyl (C=O) groups is 2. The molecule has 2 heterocycles. The number of nitrogens with zero attached hydrogens (tertiary/aromatic N) is 2. The first-order valence-electron chi connectivity index (χ1n) is 11.2. The first kappa shape index (κ1) is 20.6. The van der Waals surface area contributed by atoms with Crippen molar-refractivity contribution in [1.82, 2.24) is 9.80 Å². The van der Waals surface area contributed by atoms with Crippen LogP contribution in [0.2, 0.25) is 0 Å². The minimum absolute atomic E-state index is 0.0188. The van der Waals surface area contributed by atoms with E-state index in [9.17, 15) is 9.59 Å². The van der Waals surface area contributed by atoms with Crippen LogP contribution in [0.5, 0.6) is 0 Å². The Hall–Kier alpha value is -2.66. The Morgan fingerprint density at radius 3 is 1.97 bits per heavy atom. The van der Waals surface area contributed by atoms with Crippen LogP contribution in [0.1, 0.15) is 60.5 Å². The lowest BCUT2D eigenvalue weighted by atomic mass is 10.0. The van der Waals surface area contributed by atoms with E-state index in [-0.39, 0.29) is 17.9 Å². The van der Waals surface area contributed by atoms with Gasteiger partial charge in [0, 0.05) is 24.3 Å². The highest BCUT2D eigenvalue weighted by atomic mass is 16.2. The lowest BCUT2D eigenvalue weighted by Crippen LogP contribution is -2.35. The molecule has 2 aliphatic rings. The normalized spacial score (nSPS) is 18.6. The molecule has 158 valence electrons. The fraction of sp³-hybridized carbons (Fsp3) is 0.440. The summed E-state index contributed by atoms with van der Waals surface area (Å²) in [7, 11) is 0. The van der Waals surface area contributed by atoms with Crippen molar-refractivity contribution < 1.29 is 9.59 Å². The molecule has 2 aliphatic heterocycles. The van der Waals surface area contributed by atoms with Crippen molar-refractivity contribution in [1.29, 1.82) is 0 Å². The van der Waals surface area contributed by atoms with E-state index in [1.807, 2.05) is 59.5 Å². The van der Waals surface area contributed by atoms with Crippen LogP contribution in [-0.2, 0) is 4.79 Å². The summed E-state index contributed by atoms with van der Waals surface area (Å²) in [5.74, 6) is 0.0729. The molecule has 5 heteroatoms. The summed E-state index contributed by atoms with van der Waals surface area (Å²) in [4.78, 5) is 30.2. The number of rotatable bonds is 5. The Morgan fingerprint density at radius 2 is 1.33 bits per heavy atom. The van der Waals surface area contributed by atoms with E-state index in [2.05, 4.69) is 10.2 Å². The molecule has 0 spiro atoms.